The van der Waals surface area contributed by atoms with Gasteiger partial charge in [0.2, 0.25) is 0 Å². The molecule has 0 radical (unpaired) electrons. The zero-order valence-corrected chi connectivity index (χ0v) is 18.6. The van der Waals surface area contributed by atoms with E-state index < -0.39 is 6.61 Å². The maximum Gasteiger partial charge on any atom is 0.387 e. The molecule has 0 spiro atoms. The maximum absolute atomic E-state index is 12.7. The molecule has 4 atom stereocenters. The second kappa shape index (κ2) is 8.59. The van der Waals surface area contributed by atoms with E-state index in [1.54, 1.807) is 6.20 Å². The van der Waals surface area contributed by atoms with Crippen LogP contribution in [0.3, 0.4) is 0 Å². The number of anilines is 1. The third kappa shape index (κ3) is 4.08. The Balaban J connectivity index is 1.35. The van der Waals surface area contributed by atoms with Crippen LogP contribution in [0.25, 0.3) is 11.3 Å². The summed E-state index contributed by atoms with van der Waals surface area (Å²) in [6, 6.07) is 4.46. The number of rotatable bonds is 6. The Bertz CT molecular complexity index is 946. The molecule has 2 saturated carbocycles. The lowest BCUT2D eigenvalue weighted by molar-refractivity contribution is -0.0494. The molecule has 2 N–H and O–H groups in total. The highest BCUT2D eigenvalue weighted by Gasteiger charge is 2.58. The van der Waals surface area contributed by atoms with Gasteiger partial charge in [-0.15, -0.1) is 0 Å². The number of nitrogen functional groups attached to an aromatic ring is 1. The lowest BCUT2D eigenvalue weighted by Gasteiger charge is -2.28. The van der Waals surface area contributed by atoms with Gasteiger partial charge in [-0.05, 0) is 57.1 Å². The van der Waals surface area contributed by atoms with Crippen LogP contribution in [0, 0.1) is 11.8 Å². The number of pyridine rings is 1. The topological polar surface area (TPSA) is 78.4 Å². The van der Waals surface area contributed by atoms with Crippen molar-refractivity contribution in [3.8, 4) is 17.0 Å². The maximum atomic E-state index is 12.7. The van der Waals surface area contributed by atoms with Crippen molar-refractivity contribution < 1.29 is 18.3 Å². The summed E-state index contributed by atoms with van der Waals surface area (Å²) in [5.74, 6) is 1.71. The summed E-state index contributed by atoms with van der Waals surface area (Å²) >= 11 is 0. The third-order valence-electron chi connectivity index (χ3n) is 7.18. The van der Waals surface area contributed by atoms with E-state index in [9.17, 15) is 8.78 Å². The van der Waals surface area contributed by atoms with Crippen LogP contribution in [0.1, 0.15) is 50.8 Å². The fourth-order valence-corrected chi connectivity index (χ4v) is 5.68. The van der Waals surface area contributed by atoms with Crippen molar-refractivity contribution in [2.24, 2.45) is 11.8 Å². The first kappa shape index (κ1) is 21.6. The summed E-state index contributed by atoms with van der Waals surface area (Å²) in [6.45, 7) is 5.17. The van der Waals surface area contributed by atoms with E-state index in [2.05, 4.69) is 39.2 Å². The summed E-state index contributed by atoms with van der Waals surface area (Å²) < 4.78 is 37.6. The average molecular weight is 448 g/mol. The van der Waals surface area contributed by atoms with E-state index in [4.69, 9.17) is 15.6 Å². The highest BCUT2D eigenvalue weighted by Crippen LogP contribution is 2.64. The molecule has 0 bridgehead atoms. The summed E-state index contributed by atoms with van der Waals surface area (Å²) in [5, 5.41) is 4.81. The molecule has 0 aromatic carbocycles. The number of ether oxygens (including phenoxy) is 2. The first-order valence-corrected chi connectivity index (χ1v) is 11.5. The molecule has 32 heavy (non-hydrogen) atoms. The molecule has 2 aromatic heterocycles. The van der Waals surface area contributed by atoms with Crippen molar-refractivity contribution in [2.75, 3.05) is 32.0 Å². The van der Waals surface area contributed by atoms with Crippen LogP contribution in [0.15, 0.2) is 18.3 Å². The molecule has 3 heterocycles. The van der Waals surface area contributed by atoms with Gasteiger partial charge in [0.25, 0.3) is 0 Å². The largest absolute Gasteiger partial charge is 0.431 e. The van der Waals surface area contributed by atoms with Crippen LogP contribution >= 0.6 is 0 Å². The lowest BCUT2D eigenvalue weighted by atomic mass is 10.0. The summed E-state index contributed by atoms with van der Waals surface area (Å²) in [5.41, 5.74) is 8.27. The van der Waals surface area contributed by atoms with Crippen molar-refractivity contribution >= 4 is 5.82 Å². The Hall–Kier alpha value is -2.26. The van der Waals surface area contributed by atoms with Crippen LogP contribution in [0.5, 0.6) is 5.75 Å². The zero-order chi connectivity index (χ0) is 22.4. The molecule has 5 rings (SSSR count). The molecule has 0 amide bonds. The van der Waals surface area contributed by atoms with E-state index in [-0.39, 0.29) is 17.6 Å². The quantitative estimate of drug-likeness (QED) is 0.723. The standard InChI is InChI=1S/C23H31F2N5O2/c1-13(2)30-19(11-18(28-30)14-8-20(32-23(24)25)22(26)27-12-14)21-16-9-15(10-17(16)21)29-4-3-6-31-7-5-29/h8,11-13,15-17,21,23H,3-7,9-10H2,1-2H3,(H2,26,27)/t15-,16-,17+,21+. The second-order valence-corrected chi connectivity index (χ2v) is 9.46. The van der Waals surface area contributed by atoms with E-state index >= 15 is 0 Å². The summed E-state index contributed by atoms with van der Waals surface area (Å²) in [6.07, 6.45) is 5.13. The van der Waals surface area contributed by atoms with E-state index in [0.29, 0.717) is 35.1 Å². The molecule has 3 fully saturated rings. The number of aromatic nitrogens is 3. The Labute approximate surface area is 186 Å². The zero-order valence-electron chi connectivity index (χ0n) is 18.6. The fourth-order valence-electron chi connectivity index (χ4n) is 5.68. The van der Waals surface area contributed by atoms with Crippen molar-refractivity contribution in [1.29, 1.82) is 0 Å². The van der Waals surface area contributed by atoms with Gasteiger partial charge in [-0.1, -0.05) is 0 Å². The van der Waals surface area contributed by atoms with Gasteiger partial charge in [0, 0.05) is 55.2 Å². The van der Waals surface area contributed by atoms with E-state index in [0.717, 1.165) is 32.7 Å². The van der Waals surface area contributed by atoms with Crippen LogP contribution in [-0.2, 0) is 4.74 Å². The molecule has 174 valence electrons. The second-order valence-electron chi connectivity index (χ2n) is 9.46. The van der Waals surface area contributed by atoms with Crippen LogP contribution in [0.2, 0.25) is 0 Å². The Morgan fingerprint density at radius 3 is 2.66 bits per heavy atom. The van der Waals surface area contributed by atoms with Gasteiger partial charge in [-0.3, -0.25) is 9.58 Å². The molecule has 1 saturated heterocycles. The summed E-state index contributed by atoms with van der Waals surface area (Å²) in [4.78, 5) is 6.65. The van der Waals surface area contributed by atoms with Crippen LogP contribution in [0.4, 0.5) is 14.6 Å². The number of halogens is 2. The van der Waals surface area contributed by atoms with Gasteiger partial charge < -0.3 is 15.2 Å². The van der Waals surface area contributed by atoms with E-state index in [1.165, 1.54) is 24.6 Å². The minimum Gasteiger partial charge on any atom is -0.431 e. The first-order chi connectivity index (χ1) is 15.4. The number of nitrogens with two attached hydrogens (primary N) is 1. The molecule has 1 aliphatic heterocycles. The van der Waals surface area contributed by atoms with Gasteiger partial charge in [-0.25, -0.2) is 4.98 Å². The fraction of sp³-hybridized carbons (Fsp3) is 0.652. The predicted octanol–water partition coefficient (Wildman–Crippen LogP) is 3.92. The molecule has 7 nitrogen and oxygen atoms in total. The van der Waals surface area contributed by atoms with Gasteiger partial charge in [-0.2, -0.15) is 13.9 Å². The predicted molar refractivity (Wildman–Crippen MR) is 117 cm³/mol. The van der Waals surface area contributed by atoms with Gasteiger partial charge >= 0.3 is 6.61 Å². The smallest absolute Gasteiger partial charge is 0.387 e. The number of nitrogens with zero attached hydrogens (tertiary/aromatic N) is 4. The Kier molecular flexibility index (Phi) is 5.79. The minimum absolute atomic E-state index is 0.0563. The van der Waals surface area contributed by atoms with Crippen LogP contribution < -0.4 is 10.5 Å². The van der Waals surface area contributed by atoms with Crippen molar-refractivity contribution in [3.63, 3.8) is 0 Å². The Morgan fingerprint density at radius 1 is 1.16 bits per heavy atom. The van der Waals surface area contributed by atoms with E-state index in [1.807, 2.05) is 0 Å². The Morgan fingerprint density at radius 2 is 1.94 bits per heavy atom. The molecule has 3 aliphatic rings. The highest BCUT2D eigenvalue weighted by atomic mass is 19.3. The molecular weight excluding hydrogens is 416 g/mol. The minimum atomic E-state index is -2.95. The molecule has 2 aromatic rings. The van der Waals surface area contributed by atoms with Gasteiger partial charge in [0.05, 0.1) is 12.3 Å². The number of alkyl halides is 2. The summed E-state index contributed by atoms with van der Waals surface area (Å²) in [7, 11) is 0. The van der Waals surface area contributed by atoms with Crippen LogP contribution in [-0.4, -0.2) is 58.6 Å². The molecular formula is C23H31F2N5O2. The van der Waals surface area contributed by atoms with Gasteiger partial charge in [0.15, 0.2) is 11.6 Å². The van der Waals surface area contributed by atoms with Crippen molar-refractivity contribution in [1.82, 2.24) is 19.7 Å². The number of hydrogen-bond acceptors (Lipinski definition) is 6. The first-order valence-electron chi connectivity index (χ1n) is 11.5. The monoisotopic (exact) mass is 447 g/mol. The molecule has 9 heteroatoms. The number of fused-ring (bicyclic) bond motifs is 1. The third-order valence-corrected chi connectivity index (χ3v) is 7.18. The van der Waals surface area contributed by atoms with Crippen molar-refractivity contribution in [2.45, 2.75) is 57.7 Å². The lowest BCUT2D eigenvalue weighted by Crippen LogP contribution is -2.36. The molecule has 0 unspecified atom stereocenters. The molecule has 2 aliphatic carbocycles. The normalized spacial score (nSPS) is 28.2. The number of hydrogen-bond donors (Lipinski definition) is 1. The van der Waals surface area contributed by atoms with Crippen molar-refractivity contribution in [3.05, 3.63) is 24.0 Å². The highest BCUT2D eigenvalue weighted by molar-refractivity contribution is 5.64. The van der Waals surface area contributed by atoms with Gasteiger partial charge in [0.1, 0.15) is 0 Å². The average Bonchev–Trinajstić information content (AvgIpc) is 3.08. The SMILES string of the molecule is CC(C)n1nc(-c2cnc(N)c(OC(F)F)c2)cc1[C@H]1[C@@H]2C[C@@H](N3CCCOCC3)C[C@@H]21.